The third-order valence-corrected chi connectivity index (χ3v) is 7.05. The summed E-state index contributed by atoms with van der Waals surface area (Å²) in [5.74, 6) is 2.11. The lowest BCUT2D eigenvalue weighted by Gasteiger charge is -2.36. The highest BCUT2D eigenvalue weighted by molar-refractivity contribution is 7.91. The van der Waals surface area contributed by atoms with Crippen molar-refractivity contribution in [2.45, 2.75) is 31.2 Å². The highest BCUT2D eigenvalue weighted by atomic mass is 32.2. The van der Waals surface area contributed by atoms with Gasteiger partial charge in [0.1, 0.15) is 11.4 Å². The van der Waals surface area contributed by atoms with Gasteiger partial charge in [-0.15, -0.1) is 0 Å². The second-order valence-electron chi connectivity index (χ2n) is 7.80. The van der Waals surface area contributed by atoms with Crippen LogP contribution in [0.5, 0.6) is 0 Å². The first-order chi connectivity index (χ1) is 14.1. The zero-order valence-electron chi connectivity index (χ0n) is 16.9. The molecule has 2 atom stereocenters. The maximum atomic E-state index is 12.5. The SMILES string of the molecule is CC(C)[C@H](CO)Nc1nc(N2CCN(c3ccncc3)CC2)nc2c1[S+]([O-])CC2. The molecule has 0 aromatic carbocycles. The third-order valence-electron chi connectivity index (χ3n) is 5.59. The molecule has 1 unspecified atom stereocenters. The Morgan fingerprint density at radius 1 is 1.14 bits per heavy atom. The molecule has 1 saturated heterocycles. The summed E-state index contributed by atoms with van der Waals surface area (Å²) in [5.41, 5.74) is 2.04. The number of aliphatic hydroxyl groups is 1. The van der Waals surface area contributed by atoms with Gasteiger partial charge in [-0.3, -0.25) is 4.98 Å². The van der Waals surface area contributed by atoms with Crippen molar-refractivity contribution < 1.29 is 9.66 Å². The van der Waals surface area contributed by atoms with Crippen molar-refractivity contribution in [3.63, 3.8) is 0 Å². The molecule has 4 rings (SSSR count). The maximum Gasteiger partial charge on any atom is 0.228 e. The summed E-state index contributed by atoms with van der Waals surface area (Å²) in [4.78, 5) is 18.8. The lowest BCUT2D eigenvalue weighted by Crippen LogP contribution is -2.47. The average molecular weight is 417 g/mol. The molecule has 2 aromatic rings. The molecule has 0 saturated carbocycles. The number of piperazine rings is 1. The van der Waals surface area contributed by atoms with E-state index in [1.54, 1.807) is 0 Å². The second-order valence-corrected chi connectivity index (χ2v) is 9.31. The molecule has 2 N–H and O–H groups in total. The number of nitrogens with one attached hydrogen (secondary N) is 1. The van der Waals surface area contributed by atoms with Gasteiger partial charge in [0, 0.05) is 50.7 Å². The largest absolute Gasteiger partial charge is 0.611 e. The van der Waals surface area contributed by atoms with Crippen molar-refractivity contribution >= 4 is 28.6 Å². The standard InChI is InChI=1S/C20H28N6O2S/c1-14(2)17(13-27)22-19-18-16(5-12-29(18)28)23-20(24-19)26-10-8-25(9-11-26)15-3-6-21-7-4-15/h3-4,6-7,14,17,27H,5,8-13H2,1-2H3,(H,22,23,24)/t17-,29?/m0/s1. The maximum absolute atomic E-state index is 12.5. The number of anilines is 3. The van der Waals surface area contributed by atoms with Gasteiger partial charge >= 0.3 is 0 Å². The van der Waals surface area contributed by atoms with Crippen LogP contribution in [0, 0.1) is 5.92 Å². The van der Waals surface area contributed by atoms with Gasteiger partial charge < -0.3 is 24.8 Å². The Bertz CT molecular complexity index is 829. The van der Waals surface area contributed by atoms with E-state index in [2.05, 4.69) is 20.1 Å². The molecule has 0 aliphatic carbocycles. The molecule has 0 spiro atoms. The number of aromatic nitrogens is 3. The summed E-state index contributed by atoms with van der Waals surface area (Å²) in [6.07, 6.45) is 4.33. The number of fused-ring (bicyclic) bond motifs is 1. The van der Waals surface area contributed by atoms with E-state index in [1.807, 2.05) is 38.4 Å². The van der Waals surface area contributed by atoms with Crippen molar-refractivity contribution in [3.05, 3.63) is 30.2 Å². The molecular formula is C20H28N6O2S. The smallest absolute Gasteiger partial charge is 0.228 e. The predicted molar refractivity (Wildman–Crippen MR) is 115 cm³/mol. The Morgan fingerprint density at radius 3 is 2.48 bits per heavy atom. The molecular weight excluding hydrogens is 388 g/mol. The molecule has 8 nitrogen and oxygen atoms in total. The minimum absolute atomic E-state index is 0.00299. The molecule has 0 bridgehead atoms. The zero-order chi connectivity index (χ0) is 20.4. The molecule has 2 aromatic heterocycles. The topological polar surface area (TPSA) is 100 Å². The summed E-state index contributed by atoms with van der Waals surface area (Å²) in [6, 6.07) is 3.92. The Labute approximate surface area is 174 Å². The number of pyridine rings is 1. The highest BCUT2D eigenvalue weighted by Crippen LogP contribution is 2.33. The molecule has 4 heterocycles. The summed E-state index contributed by atoms with van der Waals surface area (Å²) in [6.45, 7) is 7.49. The van der Waals surface area contributed by atoms with E-state index in [0.717, 1.165) is 31.9 Å². The van der Waals surface area contributed by atoms with Crippen LogP contribution in [0.4, 0.5) is 17.5 Å². The Hall–Kier alpha value is -2.10. The van der Waals surface area contributed by atoms with E-state index in [4.69, 9.17) is 9.97 Å². The van der Waals surface area contributed by atoms with Crippen LogP contribution in [-0.4, -0.2) is 69.2 Å². The van der Waals surface area contributed by atoms with Crippen LogP contribution >= 0.6 is 0 Å². The van der Waals surface area contributed by atoms with E-state index in [9.17, 15) is 9.66 Å². The number of hydrogen-bond donors (Lipinski definition) is 2. The predicted octanol–water partition coefficient (Wildman–Crippen LogP) is 1.29. The van der Waals surface area contributed by atoms with Crippen molar-refractivity contribution in [2.24, 2.45) is 5.92 Å². The Balaban J connectivity index is 1.55. The number of rotatable bonds is 6. The summed E-state index contributed by atoms with van der Waals surface area (Å²) in [5, 5.41) is 13.1. The van der Waals surface area contributed by atoms with Gasteiger partial charge in [0.2, 0.25) is 10.8 Å². The van der Waals surface area contributed by atoms with Crippen LogP contribution in [0.25, 0.3) is 0 Å². The highest BCUT2D eigenvalue weighted by Gasteiger charge is 2.34. The van der Waals surface area contributed by atoms with Crippen molar-refractivity contribution in [3.8, 4) is 0 Å². The minimum Gasteiger partial charge on any atom is -0.611 e. The first-order valence-electron chi connectivity index (χ1n) is 10.1. The van der Waals surface area contributed by atoms with E-state index in [0.29, 0.717) is 28.8 Å². The Morgan fingerprint density at radius 2 is 1.83 bits per heavy atom. The minimum atomic E-state index is -1.09. The molecule has 156 valence electrons. The van der Waals surface area contributed by atoms with Gasteiger partial charge in [0.05, 0.1) is 12.6 Å². The van der Waals surface area contributed by atoms with Crippen LogP contribution in [0.1, 0.15) is 19.5 Å². The van der Waals surface area contributed by atoms with Crippen LogP contribution in [-0.2, 0) is 17.6 Å². The van der Waals surface area contributed by atoms with Gasteiger partial charge in [0.25, 0.3) is 0 Å². The lowest BCUT2D eigenvalue weighted by molar-refractivity contribution is 0.248. The van der Waals surface area contributed by atoms with Crippen LogP contribution < -0.4 is 15.1 Å². The lowest BCUT2D eigenvalue weighted by atomic mass is 10.1. The van der Waals surface area contributed by atoms with E-state index < -0.39 is 11.2 Å². The average Bonchev–Trinajstić information content (AvgIpc) is 3.13. The van der Waals surface area contributed by atoms with Gasteiger partial charge in [-0.25, -0.2) is 4.98 Å². The third kappa shape index (κ3) is 4.26. The summed E-state index contributed by atoms with van der Waals surface area (Å²) in [7, 11) is 0. The molecule has 0 radical (unpaired) electrons. The van der Waals surface area contributed by atoms with E-state index >= 15 is 0 Å². The zero-order valence-corrected chi connectivity index (χ0v) is 17.7. The molecule has 2 aliphatic rings. The fourth-order valence-corrected chi connectivity index (χ4v) is 5.06. The Kier molecular flexibility index (Phi) is 6.07. The molecule has 9 heteroatoms. The number of aryl methyl sites for hydroxylation is 1. The van der Waals surface area contributed by atoms with Gasteiger partial charge in [0.15, 0.2) is 5.82 Å². The van der Waals surface area contributed by atoms with Crippen molar-refractivity contribution in [1.82, 2.24) is 15.0 Å². The van der Waals surface area contributed by atoms with Gasteiger partial charge in [-0.05, 0) is 29.2 Å². The molecule has 29 heavy (non-hydrogen) atoms. The fourth-order valence-electron chi connectivity index (χ4n) is 3.74. The van der Waals surface area contributed by atoms with Crippen LogP contribution in [0.2, 0.25) is 0 Å². The normalized spacial score (nSPS) is 20.1. The first kappa shape index (κ1) is 20.2. The van der Waals surface area contributed by atoms with Crippen molar-refractivity contribution in [2.75, 3.05) is 53.7 Å². The van der Waals surface area contributed by atoms with Gasteiger partial charge in [-0.1, -0.05) is 13.8 Å². The summed E-state index contributed by atoms with van der Waals surface area (Å²) >= 11 is -1.09. The number of aliphatic hydroxyl groups excluding tert-OH is 1. The van der Waals surface area contributed by atoms with Crippen molar-refractivity contribution in [1.29, 1.82) is 0 Å². The van der Waals surface area contributed by atoms with E-state index in [1.165, 1.54) is 5.69 Å². The fraction of sp³-hybridized carbons (Fsp3) is 0.550. The van der Waals surface area contributed by atoms with Crippen LogP contribution in [0.15, 0.2) is 29.4 Å². The molecule has 2 aliphatic heterocycles. The van der Waals surface area contributed by atoms with E-state index in [-0.39, 0.29) is 18.6 Å². The second kappa shape index (κ2) is 8.73. The summed E-state index contributed by atoms with van der Waals surface area (Å²) < 4.78 is 12.5. The van der Waals surface area contributed by atoms with Crippen LogP contribution in [0.3, 0.4) is 0 Å². The number of hydrogen-bond acceptors (Lipinski definition) is 8. The quantitative estimate of drug-likeness (QED) is 0.680. The molecule has 1 fully saturated rings. The number of nitrogens with zero attached hydrogens (tertiary/aromatic N) is 5. The monoisotopic (exact) mass is 416 g/mol. The molecule has 0 amide bonds. The first-order valence-corrected chi connectivity index (χ1v) is 11.5. The van der Waals surface area contributed by atoms with Gasteiger partial charge in [-0.2, -0.15) is 4.98 Å².